The largest absolute Gasteiger partial charge is 0.477 e. The number of H-pyrrole nitrogens is 1. The molecule has 19 heavy (non-hydrogen) atoms. The molecule has 2 aromatic rings. The van der Waals surface area contributed by atoms with Gasteiger partial charge in [0.15, 0.2) is 0 Å². The van der Waals surface area contributed by atoms with Crippen molar-refractivity contribution in [3.05, 3.63) is 55.4 Å². The van der Waals surface area contributed by atoms with Crippen LogP contribution in [0.4, 0.5) is 0 Å². The Morgan fingerprint density at radius 3 is 2.47 bits per heavy atom. The van der Waals surface area contributed by atoms with E-state index in [1.54, 1.807) is 0 Å². The molecule has 98 valence electrons. The van der Waals surface area contributed by atoms with Gasteiger partial charge in [-0.15, -0.1) is 0 Å². The number of aromatic carboxylic acids is 1. The molecule has 4 nitrogen and oxygen atoms in total. The summed E-state index contributed by atoms with van der Waals surface area (Å²) in [6, 6.07) is 9.16. The lowest BCUT2D eigenvalue weighted by Crippen LogP contribution is -2.19. The first-order valence-electron chi connectivity index (χ1n) is 5.78. The van der Waals surface area contributed by atoms with Gasteiger partial charge < -0.3 is 10.1 Å². The van der Waals surface area contributed by atoms with Crippen LogP contribution in [0.5, 0.6) is 0 Å². The molecule has 0 unspecified atom stereocenters. The van der Waals surface area contributed by atoms with E-state index < -0.39 is 11.5 Å². The van der Waals surface area contributed by atoms with Crippen molar-refractivity contribution >= 4 is 28.6 Å². The molecule has 1 heterocycles. The summed E-state index contributed by atoms with van der Waals surface area (Å²) >= 11 is 2.20. The number of nitrogens with one attached hydrogen (secondary N) is 1. The minimum Gasteiger partial charge on any atom is -0.477 e. The first kappa shape index (κ1) is 13.8. The van der Waals surface area contributed by atoms with Crippen molar-refractivity contribution in [1.29, 1.82) is 0 Å². The Morgan fingerprint density at radius 2 is 1.95 bits per heavy atom. The van der Waals surface area contributed by atoms with Crippen LogP contribution in [0.2, 0.25) is 0 Å². The SMILES string of the molecule is CCc1cc(C(=O)O)c(=O)[nH]c1-c1ccc(I)cc1. The van der Waals surface area contributed by atoms with Crippen LogP contribution in [0.15, 0.2) is 35.1 Å². The zero-order chi connectivity index (χ0) is 14.0. The van der Waals surface area contributed by atoms with Gasteiger partial charge in [-0.05, 0) is 58.3 Å². The van der Waals surface area contributed by atoms with Gasteiger partial charge >= 0.3 is 5.97 Å². The molecule has 0 bridgehead atoms. The molecule has 0 saturated carbocycles. The van der Waals surface area contributed by atoms with Gasteiger partial charge in [0.2, 0.25) is 0 Å². The lowest BCUT2D eigenvalue weighted by Gasteiger charge is -2.09. The number of benzene rings is 1. The quantitative estimate of drug-likeness (QED) is 0.818. The van der Waals surface area contributed by atoms with E-state index in [9.17, 15) is 9.59 Å². The monoisotopic (exact) mass is 369 g/mol. The van der Waals surface area contributed by atoms with Crippen molar-refractivity contribution in [2.45, 2.75) is 13.3 Å². The Hall–Kier alpha value is -1.63. The number of rotatable bonds is 3. The van der Waals surface area contributed by atoms with Crippen LogP contribution in [0.25, 0.3) is 11.3 Å². The summed E-state index contributed by atoms with van der Waals surface area (Å²) in [6.07, 6.45) is 0.651. The van der Waals surface area contributed by atoms with Crippen LogP contribution >= 0.6 is 22.6 Å². The smallest absolute Gasteiger partial charge is 0.341 e. The maximum atomic E-state index is 11.8. The number of pyridine rings is 1. The molecule has 0 spiro atoms. The third kappa shape index (κ3) is 2.86. The molecule has 0 radical (unpaired) electrons. The minimum absolute atomic E-state index is 0.217. The van der Waals surface area contributed by atoms with Crippen LogP contribution in [0, 0.1) is 3.57 Å². The molecule has 2 rings (SSSR count). The fourth-order valence-electron chi connectivity index (χ4n) is 1.88. The van der Waals surface area contributed by atoms with E-state index in [0.717, 1.165) is 14.7 Å². The molecule has 0 saturated heterocycles. The van der Waals surface area contributed by atoms with Crippen LogP contribution < -0.4 is 5.56 Å². The maximum Gasteiger partial charge on any atom is 0.341 e. The average molecular weight is 369 g/mol. The number of hydrogen-bond donors (Lipinski definition) is 2. The number of halogens is 1. The van der Waals surface area contributed by atoms with E-state index in [1.807, 2.05) is 31.2 Å². The van der Waals surface area contributed by atoms with E-state index in [2.05, 4.69) is 27.6 Å². The molecule has 1 aromatic heterocycles. The van der Waals surface area contributed by atoms with Crippen molar-refractivity contribution in [3.63, 3.8) is 0 Å². The Balaban J connectivity index is 2.63. The van der Waals surface area contributed by atoms with Gasteiger partial charge in [0.1, 0.15) is 5.56 Å². The summed E-state index contributed by atoms with van der Waals surface area (Å²) in [7, 11) is 0. The number of carboxylic acids is 1. The van der Waals surface area contributed by atoms with Gasteiger partial charge in [-0.25, -0.2) is 4.79 Å². The van der Waals surface area contributed by atoms with Gasteiger partial charge in [-0.1, -0.05) is 19.1 Å². The zero-order valence-corrected chi connectivity index (χ0v) is 12.4. The fourth-order valence-corrected chi connectivity index (χ4v) is 2.24. The molecular formula is C14H12INO3. The number of carbonyl (C=O) groups is 1. The van der Waals surface area contributed by atoms with E-state index in [0.29, 0.717) is 12.1 Å². The van der Waals surface area contributed by atoms with Crippen molar-refractivity contribution < 1.29 is 9.90 Å². The van der Waals surface area contributed by atoms with E-state index in [4.69, 9.17) is 5.11 Å². The predicted octanol–water partition coefficient (Wildman–Crippen LogP) is 2.91. The summed E-state index contributed by atoms with van der Waals surface area (Å²) in [5.41, 5.74) is 1.60. The summed E-state index contributed by atoms with van der Waals surface area (Å²) in [5.74, 6) is -1.20. The average Bonchev–Trinajstić information content (AvgIpc) is 2.39. The maximum absolute atomic E-state index is 11.8. The van der Waals surface area contributed by atoms with Crippen molar-refractivity contribution in [3.8, 4) is 11.3 Å². The summed E-state index contributed by atoms with van der Waals surface area (Å²) in [4.78, 5) is 25.4. The Bertz CT molecular complexity index is 674. The van der Waals surface area contributed by atoms with Crippen molar-refractivity contribution in [2.75, 3.05) is 0 Å². The second-order valence-electron chi connectivity index (χ2n) is 4.08. The molecule has 0 atom stereocenters. The number of carboxylic acid groups (broad SMARTS) is 1. The second-order valence-corrected chi connectivity index (χ2v) is 5.32. The van der Waals surface area contributed by atoms with Crippen molar-refractivity contribution in [2.24, 2.45) is 0 Å². The highest BCUT2D eigenvalue weighted by Crippen LogP contribution is 2.22. The highest BCUT2D eigenvalue weighted by Gasteiger charge is 2.13. The summed E-state index contributed by atoms with van der Waals surface area (Å²) in [5, 5.41) is 8.96. The van der Waals surface area contributed by atoms with E-state index in [1.165, 1.54) is 6.07 Å². The molecule has 2 N–H and O–H groups in total. The van der Waals surface area contributed by atoms with Crippen molar-refractivity contribution in [1.82, 2.24) is 4.98 Å². The second kappa shape index (κ2) is 5.56. The highest BCUT2D eigenvalue weighted by molar-refractivity contribution is 14.1. The highest BCUT2D eigenvalue weighted by atomic mass is 127. The number of hydrogen-bond acceptors (Lipinski definition) is 2. The predicted molar refractivity (Wildman–Crippen MR) is 81.6 cm³/mol. The van der Waals surface area contributed by atoms with Crippen LogP contribution in [-0.4, -0.2) is 16.1 Å². The van der Waals surface area contributed by atoms with Gasteiger partial charge in [0, 0.05) is 3.57 Å². The molecule has 0 aliphatic rings. The molecule has 1 aromatic carbocycles. The fraction of sp³-hybridized carbons (Fsp3) is 0.143. The summed E-state index contributed by atoms with van der Waals surface area (Å²) < 4.78 is 1.10. The van der Waals surface area contributed by atoms with Crippen LogP contribution in [0.1, 0.15) is 22.8 Å². The molecular weight excluding hydrogens is 357 g/mol. The molecule has 0 aliphatic carbocycles. The van der Waals surface area contributed by atoms with E-state index >= 15 is 0 Å². The third-order valence-corrected chi connectivity index (χ3v) is 3.59. The van der Waals surface area contributed by atoms with Crippen LogP contribution in [0.3, 0.4) is 0 Å². The van der Waals surface area contributed by atoms with Gasteiger partial charge in [0.05, 0.1) is 5.69 Å². The van der Waals surface area contributed by atoms with Gasteiger partial charge in [0.25, 0.3) is 5.56 Å². The Labute approximate surface area is 123 Å². The number of aromatic amines is 1. The lowest BCUT2D eigenvalue weighted by molar-refractivity contribution is 0.0695. The first-order valence-corrected chi connectivity index (χ1v) is 6.86. The normalized spacial score (nSPS) is 10.4. The third-order valence-electron chi connectivity index (χ3n) is 2.87. The van der Waals surface area contributed by atoms with Gasteiger partial charge in [-0.3, -0.25) is 4.79 Å². The first-order chi connectivity index (χ1) is 9.02. The number of aromatic nitrogens is 1. The minimum atomic E-state index is -1.20. The van der Waals surface area contributed by atoms with E-state index in [-0.39, 0.29) is 5.56 Å². The lowest BCUT2D eigenvalue weighted by atomic mass is 10.0. The Morgan fingerprint density at radius 1 is 1.32 bits per heavy atom. The molecule has 0 fully saturated rings. The number of aryl methyl sites for hydroxylation is 1. The van der Waals surface area contributed by atoms with Gasteiger partial charge in [-0.2, -0.15) is 0 Å². The summed E-state index contributed by atoms with van der Waals surface area (Å²) in [6.45, 7) is 1.93. The van der Waals surface area contributed by atoms with Crippen LogP contribution in [-0.2, 0) is 6.42 Å². The molecule has 5 heteroatoms. The molecule has 0 aliphatic heterocycles. The standard InChI is InChI=1S/C14H12INO3/c1-2-8-7-11(14(18)19)13(17)16-12(8)9-3-5-10(15)6-4-9/h3-7H,2H2,1H3,(H,16,17)(H,18,19). The molecule has 0 amide bonds. The zero-order valence-electron chi connectivity index (χ0n) is 10.2. The topological polar surface area (TPSA) is 70.2 Å². The Kier molecular flexibility index (Phi) is 4.04.